The number of hydrogen-bond donors (Lipinski definition) is 1. The minimum absolute atomic E-state index is 0.0281. The van der Waals surface area contributed by atoms with Crippen molar-refractivity contribution in [1.29, 1.82) is 0 Å². The number of aliphatic carboxylic acids is 1. The van der Waals surface area contributed by atoms with Crippen molar-refractivity contribution in [1.82, 2.24) is 9.80 Å². The van der Waals surface area contributed by atoms with Crippen LogP contribution in [0.4, 0.5) is 36.8 Å². The highest BCUT2D eigenvalue weighted by atomic mass is 19.4. The molecule has 0 spiro atoms. The van der Waals surface area contributed by atoms with Crippen molar-refractivity contribution in [2.75, 3.05) is 50.8 Å². The molecule has 2 heterocycles. The van der Waals surface area contributed by atoms with Crippen LogP contribution in [0.5, 0.6) is 0 Å². The number of carbonyl (C=O) groups excluding carboxylic acids is 1. The normalized spacial score (nSPS) is 20.3. The van der Waals surface area contributed by atoms with Crippen molar-refractivity contribution in [2.45, 2.75) is 38.0 Å². The maximum absolute atomic E-state index is 12.7. The molecule has 1 N–H and O–H groups in total. The number of anilines is 1. The van der Waals surface area contributed by atoms with Gasteiger partial charge in [0.05, 0.1) is 13.2 Å². The van der Waals surface area contributed by atoms with E-state index < -0.39 is 36.6 Å². The predicted octanol–water partition coefficient (Wildman–Crippen LogP) is 3.03. The Kier molecular flexibility index (Phi) is 8.04. The summed E-state index contributed by atoms with van der Waals surface area (Å²) in [5.74, 6) is -1.03. The number of halogens is 6. The van der Waals surface area contributed by atoms with Crippen molar-refractivity contribution in [2.24, 2.45) is 0 Å². The standard InChI is InChI=1S/C21H25F6N3O5/c1-13-2-3-14(15(10-13)30-8-9-34-12-16(30)17(31)32)11-28-4-6-29(7-5-28)19(33)35-18(20(22,23)24)21(25,26)27/h2-3,10,16,18H,4-9,11-12H2,1H3,(H,31,32). The molecule has 14 heteroatoms. The number of morpholine rings is 1. The van der Waals surface area contributed by atoms with Gasteiger partial charge in [0.25, 0.3) is 6.10 Å². The zero-order valence-electron chi connectivity index (χ0n) is 18.7. The van der Waals surface area contributed by atoms with Gasteiger partial charge in [-0.1, -0.05) is 12.1 Å². The molecule has 2 saturated heterocycles. The number of amides is 1. The van der Waals surface area contributed by atoms with E-state index in [1.54, 1.807) is 4.90 Å². The molecule has 0 radical (unpaired) electrons. The molecule has 2 fully saturated rings. The Bertz CT molecular complexity index is 904. The van der Waals surface area contributed by atoms with E-state index in [1.165, 1.54) is 0 Å². The number of aryl methyl sites for hydroxylation is 1. The van der Waals surface area contributed by atoms with Crippen LogP contribution in [0, 0.1) is 6.92 Å². The van der Waals surface area contributed by atoms with Gasteiger partial charge in [-0.05, 0) is 24.1 Å². The van der Waals surface area contributed by atoms with Gasteiger partial charge in [-0.3, -0.25) is 4.90 Å². The average Bonchev–Trinajstić information content (AvgIpc) is 2.77. The van der Waals surface area contributed by atoms with Gasteiger partial charge >= 0.3 is 24.4 Å². The van der Waals surface area contributed by atoms with E-state index in [1.807, 2.05) is 30.0 Å². The van der Waals surface area contributed by atoms with Crippen molar-refractivity contribution in [3.05, 3.63) is 29.3 Å². The molecule has 196 valence electrons. The molecule has 1 atom stereocenters. The summed E-state index contributed by atoms with van der Waals surface area (Å²) in [6.45, 7) is 3.06. The molecular weight excluding hydrogens is 488 g/mol. The van der Waals surface area contributed by atoms with Crippen molar-refractivity contribution in [3.63, 3.8) is 0 Å². The third-order valence-corrected chi connectivity index (χ3v) is 5.80. The van der Waals surface area contributed by atoms with E-state index in [0.29, 0.717) is 25.4 Å². The SMILES string of the molecule is Cc1ccc(CN2CCN(C(=O)OC(C(F)(F)F)C(F)(F)F)CC2)c(N2CCOCC2C(=O)O)c1. The Morgan fingerprint density at radius 3 is 2.29 bits per heavy atom. The first kappa shape index (κ1) is 26.9. The lowest BCUT2D eigenvalue weighted by atomic mass is 10.0. The number of rotatable bonds is 5. The van der Waals surface area contributed by atoms with Gasteiger partial charge in [0.15, 0.2) is 6.04 Å². The van der Waals surface area contributed by atoms with Gasteiger partial charge in [-0.25, -0.2) is 9.59 Å². The number of benzene rings is 1. The highest BCUT2D eigenvalue weighted by molar-refractivity contribution is 5.79. The number of hydrogen-bond acceptors (Lipinski definition) is 6. The molecule has 1 amide bonds. The third kappa shape index (κ3) is 6.69. The van der Waals surface area contributed by atoms with Crippen LogP contribution in [0.1, 0.15) is 11.1 Å². The first-order valence-corrected chi connectivity index (χ1v) is 10.8. The van der Waals surface area contributed by atoms with E-state index in [-0.39, 0.29) is 32.8 Å². The van der Waals surface area contributed by atoms with Gasteiger partial charge in [-0.2, -0.15) is 26.3 Å². The number of ether oxygens (including phenoxy) is 2. The van der Waals surface area contributed by atoms with Gasteiger partial charge < -0.3 is 24.4 Å². The van der Waals surface area contributed by atoms with Crippen LogP contribution in [0.15, 0.2) is 18.2 Å². The van der Waals surface area contributed by atoms with Crippen LogP contribution in [-0.4, -0.2) is 97.4 Å². The Morgan fingerprint density at radius 1 is 1.09 bits per heavy atom. The van der Waals surface area contributed by atoms with Crippen molar-refractivity contribution >= 4 is 17.7 Å². The van der Waals surface area contributed by atoms with E-state index in [2.05, 4.69) is 4.74 Å². The number of carboxylic acid groups (broad SMARTS) is 1. The summed E-state index contributed by atoms with van der Waals surface area (Å²) >= 11 is 0. The Labute approximate surface area is 197 Å². The summed E-state index contributed by atoms with van der Waals surface area (Å²) in [4.78, 5) is 28.1. The fourth-order valence-corrected chi connectivity index (χ4v) is 4.00. The predicted molar refractivity (Wildman–Crippen MR) is 110 cm³/mol. The first-order valence-electron chi connectivity index (χ1n) is 10.8. The van der Waals surface area contributed by atoms with Crippen LogP contribution in [0.25, 0.3) is 0 Å². The number of piperazine rings is 1. The lowest BCUT2D eigenvalue weighted by Gasteiger charge is -2.38. The summed E-state index contributed by atoms with van der Waals surface area (Å²) in [6, 6.07) is 4.69. The number of carboxylic acids is 1. The average molecular weight is 513 g/mol. The number of alkyl halides is 6. The molecule has 3 rings (SSSR count). The highest BCUT2D eigenvalue weighted by Crippen LogP contribution is 2.36. The molecule has 0 bridgehead atoms. The molecule has 0 aromatic heterocycles. The summed E-state index contributed by atoms with van der Waals surface area (Å²) in [5, 5.41) is 9.57. The Hall–Kier alpha value is -2.74. The molecule has 0 saturated carbocycles. The smallest absolute Gasteiger partial charge is 0.434 e. The van der Waals surface area contributed by atoms with E-state index in [4.69, 9.17) is 4.74 Å². The molecule has 8 nitrogen and oxygen atoms in total. The Balaban J connectivity index is 1.65. The van der Waals surface area contributed by atoms with Crippen LogP contribution >= 0.6 is 0 Å². The number of carbonyl (C=O) groups is 2. The molecule has 35 heavy (non-hydrogen) atoms. The quantitative estimate of drug-likeness (QED) is 0.607. The van der Waals surface area contributed by atoms with E-state index in [9.17, 15) is 41.0 Å². The highest BCUT2D eigenvalue weighted by Gasteiger charge is 2.60. The largest absolute Gasteiger partial charge is 0.480 e. The maximum Gasteiger partial charge on any atom is 0.434 e. The first-order chi connectivity index (χ1) is 16.3. The molecule has 1 aromatic rings. The van der Waals surface area contributed by atoms with Gasteiger partial charge in [0.1, 0.15) is 0 Å². The Morgan fingerprint density at radius 2 is 1.71 bits per heavy atom. The second kappa shape index (κ2) is 10.5. The maximum atomic E-state index is 12.7. The topological polar surface area (TPSA) is 82.5 Å². The minimum atomic E-state index is -5.77. The molecule has 0 aliphatic carbocycles. The van der Waals surface area contributed by atoms with Gasteiger partial charge in [-0.15, -0.1) is 0 Å². The second-order valence-electron chi connectivity index (χ2n) is 8.36. The molecule has 2 aliphatic rings. The van der Waals surface area contributed by atoms with Gasteiger partial charge in [0.2, 0.25) is 0 Å². The van der Waals surface area contributed by atoms with Crippen molar-refractivity contribution < 1.29 is 50.5 Å². The van der Waals surface area contributed by atoms with Crippen LogP contribution in [0.3, 0.4) is 0 Å². The monoisotopic (exact) mass is 513 g/mol. The number of nitrogens with zero attached hydrogens (tertiary/aromatic N) is 3. The van der Waals surface area contributed by atoms with Crippen LogP contribution < -0.4 is 4.90 Å². The molecule has 2 aliphatic heterocycles. The van der Waals surface area contributed by atoms with Crippen LogP contribution in [-0.2, 0) is 20.8 Å². The van der Waals surface area contributed by atoms with Crippen molar-refractivity contribution in [3.8, 4) is 0 Å². The lowest BCUT2D eigenvalue weighted by Crippen LogP contribution is -2.53. The molecule has 1 unspecified atom stereocenters. The second-order valence-corrected chi connectivity index (χ2v) is 8.36. The van der Waals surface area contributed by atoms with Crippen LogP contribution in [0.2, 0.25) is 0 Å². The third-order valence-electron chi connectivity index (χ3n) is 5.80. The molecular formula is C21H25F6N3O5. The van der Waals surface area contributed by atoms with E-state index in [0.717, 1.165) is 16.0 Å². The van der Waals surface area contributed by atoms with E-state index >= 15 is 0 Å². The van der Waals surface area contributed by atoms with Gasteiger partial charge in [0, 0.05) is 45.0 Å². The molecule has 1 aromatic carbocycles. The minimum Gasteiger partial charge on any atom is -0.480 e. The summed E-state index contributed by atoms with van der Waals surface area (Å²) in [6.07, 6.45) is -17.4. The summed E-state index contributed by atoms with van der Waals surface area (Å²) < 4.78 is 85.1. The summed E-state index contributed by atoms with van der Waals surface area (Å²) in [5.41, 5.74) is 2.42. The zero-order chi connectivity index (χ0) is 26.0. The lowest BCUT2D eigenvalue weighted by molar-refractivity contribution is -0.308. The fourth-order valence-electron chi connectivity index (χ4n) is 4.00. The fraction of sp³-hybridized carbons (Fsp3) is 0.619. The zero-order valence-corrected chi connectivity index (χ0v) is 18.7. The summed E-state index contributed by atoms with van der Waals surface area (Å²) in [7, 11) is 0.